The zero-order chi connectivity index (χ0) is 17.0. The van der Waals surface area contributed by atoms with Crippen LogP contribution in [0.5, 0.6) is 5.75 Å². The van der Waals surface area contributed by atoms with Crippen molar-refractivity contribution in [2.24, 2.45) is 0 Å². The zero-order valence-corrected chi connectivity index (χ0v) is 14.1. The standard InChI is InChI=1S/C18H23NO4/c1-5-6-7-8-15-12(2)14-10-9-13(22-18(21)19(3)4)11-16(14)23-17(15)20/h9-11H,5-8H2,1-4H3. The van der Waals surface area contributed by atoms with E-state index >= 15 is 0 Å². The summed E-state index contributed by atoms with van der Waals surface area (Å²) in [6, 6.07) is 5.13. The first-order chi connectivity index (χ1) is 10.9. The molecule has 0 saturated carbocycles. The number of aryl methyl sites for hydroxylation is 1. The average molecular weight is 317 g/mol. The van der Waals surface area contributed by atoms with Crippen LogP contribution < -0.4 is 10.4 Å². The third-order valence-electron chi connectivity index (χ3n) is 3.86. The first kappa shape index (κ1) is 17.1. The van der Waals surface area contributed by atoms with Gasteiger partial charge in [0.1, 0.15) is 11.3 Å². The highest BCUT2D eigenvalue weighted by Crippen LogP contribution is 2.25. The van der Waals surface area contributed by atoms with Crippen molar-refractivity contribution in [3.8, 4) is 5.75 Å². The quantitative estimate of drug-likeness (QED) is 0.620. The lowest BCUT2D eigenvalue weighted by molar-refractivity contribution is 0.172. The molecule has 0 bridgehead atoms. The van der Waals surface area contributed by atoms with Crippen LogP contribution in [-0.2, 0) is 6.42 Å². The molecule has 23 heavy (non-hydrogen) atoms. The van der Waals surface area contributed by atoms with Crippen molar-refractivity contribution in [3.63, 3.8) is 0 Å². The molecule has 0 atom stereocenters. The van der Waals surface area contributed by atoms with E-state index in [1.54, 1.807) is 26.2 Å². The van der Waals surface area contributed by atoms with Gasteiger partial charge in [0.2, 0.25) is 0 Å². The summed E-state index contributed by atoms with van der Waals surface area (Å²) in [6.07, 6.45) is 3.44. The summed E-state index contributed by atoms with van der Waals surface area (Å²) in [4.78, 5) is 25.1. The maximum atomic E-state index is 12.2. The predicted molar refractivity (Wildman–Crippen MR) is 90.2 cm³/mol. The molecule has 124 valence electrons. The monoisotopic (exact) mass is 317 g/mol. The van der Waals surface area contributed by atoms with Gasteiger partial charge in [-0.25, -0.2) is 9.59 Å². The molecule has 1 heterocycles. The Morgan fingerprint density at radius 2 is 2.00 bits per heavy atom. The Morgan fingerprint density at radius 1 is 1.26 bits per heavy atom. The van der Waals surface area contributed by atoms with E-state index in [2.05, 4.69) is 6.92 Å². The molecule has 0 saturated heterocycles. The van der Waals surface area contributed by atoms with E-state index in [0.29, 0.717) is 11.3 Å². The van der Waals surface area contributed by atoms with Crippen LogP contribution in [-0.4, -0.2) is 25.1 Å². The highest BCUT2D eigenvalue weighted by atomic mass is 16.6. The molecule has 1 amide bonds. The number of fused-ring (bicyclic) bond motifs is 1. The summed E-state index contributed by atoms with van der Waals surface area (Å²) in [5.41, 5.74) is 1.82. The van der Waals surface area contributed by atoms with Crippen molar-refractivity contribution >= 4 is 17.1 Å². The predicted octanol–water partition coefficient (Wildman–Crippen LogP) is 3.89. The Hall–Kier alpha value is -2.30. The largest absolute Gasteiger partial charge is 0.422 e. The van der Waals surface area contributed by atoms with E-state index in [0.717, 1.165) is 42.2 Å². The summed E-state index contributed by atoms with van der Waals surface area (Å²) < 4.78 is 10.6. The molecule has 2 rings (SSSR count). The number of hydrogen-bond donors (Lipinski definition) is 0. The Labute approximate surface area is 135 Å². The number of nitrogens with zero attached hydrogens (tertiary/aromatic N) is 1. The molecule has 0 aliphatic rings. The number of rotatable bonds is 5. The van der Waals surface area contributed by atoms with Crippen molar-refractivity contribution in [2.75, 3.05) is 14.1 Å². The van der Waals surface area contributed by atoms with Crippen molar-refractivity contribution in [2.45, 2.75) is 39.5 Å². The molecule has 5 nitrogen and oxygen atoms in total. The first-order valence-electron chi connectivity index (χ1n) is 7.89. The van der Waals surface area contributed by atoms with Gasteiger partial charge >= 0.3 is 11.7 Å². The van der Waals surface area contributed by atoms with Crippen LogP contribution in [0.15, 0.2) is 27.4 Å². The highest BCUT2D eigenvalue weighted by molar-refractivity contribution is 5.83. The number of carbonyl (C=O) groups is 1. The maximum absolute atomic E-state index is 12.2. The summed E-state index contributed by atoms with van der Waals surface area (Å²) >= 11 is 0. The number of hydrogen-bond acceptors (Lipinski definition) is 4. The molecule has 0 aliphatic heterocycles. The normalized spacial score (nSPS) is 10.8. The molecule has 2 aromatic rings. The van der Waals surface area contributed by atoms with E-state index in [1.807, 2.05) is 13.0 Å². The van der Waals surface area contributed by atoms with Crippen molar-refractivity contribution in [1.82, 2.24) is 4.90 Å². The van der Waals surface area contributed by atoms with Crippen molar-refractivity contribution < 1.29 is 13.9 Å². The van der Waals surface area contributed by atoms with E-state index in [9.17, 15) is 9.59 Å². The van der Waals surface area contributed by atoms with Gasteiger partial charge < -0.3 is 14.1 Å². The molecular weight excluding hydrogens is 294 g/mol. The molecule has 0 unspecified atom stereocenters. The van der Waals surface area contributed by atoms with Gasteiger partial charge in [0.05, 0.1) is 0 Å². The van der Waals surface area contributed by atoms with Crippen LogP contribution in [0.3, 0.4) is 0 Å². The van der Waals surface area contributed by atoms with Gasteiger partial charge in [0.25, 0.3) is 0 Å². The summed E-state index contributed by atoms with van der Waals surface area (Å²) in [5, 5.41) is 0.876. The molecular formula is C18H23NO4. The Kier molecular flexibility index (Phi) is 5.42. The van der Waals surface area contributed by atoms with E-state index < -0.39 is 6.09 Å². The van der Waals surface area contributed by atoms with Gasteiger partial charge in [-0.2, -0.15) is 0 Å². The van der Waals surface area contributed by atoms with Crippen LogP contribution in [0.1, 0.15) is 37.3 Å². The van der Waals surface area contributed by atoms with Crippen LogP contribution in [0.2, 0.25) is 0 Å². The SMILES string of the molecule is CCCCCc1c(C)c2ccc(OC(=O)N(C)C)cc2oc1=O. The van der Waals surface area contributed by atoms with Gasteiger partial charge in [0.15, 0.2) is 0 Å². The fourth-order valence-corrected chi connectivity index (χ4v) is 2.47. The maximum Gasteiger partial charge on any atom is 0.414 e. The second-order valence-corrected chi connectivity index (χ2v) is 5.87. The summed E-state index contributed by atoms with van der Waals surface area (Å²) in [5.74, 6) is 0.359. The Bertz CT molecular complexity index is 761. The Balaban J connectivity index is 2.36. The molecule has 0 N–H and O–H groups in total. The van der Waals surface area contributed by atoms with Gasteiger partial charge in [0, 0.05) is 31.1 Å². The van der Waals surface area contributed by atoms with Gasteiger partial charge in [-0.05, 0) is 37.5 Å². The van der Waals surface area contributed by atoms with Gasteiger partial charge in [-0.3, -0.25) is 0 Å². The van der Waals surface area contributed by atoms with E-state index in [4.69, 9.17) is 9.15 Å². The number of carbonyl (C=O) groups excluding carboxylic acids is 1. The van der Waals surface area contributed by atoms with Crippen LogP contribution in [0, 0.1) is 6.92 Å². The molecule has 5 heteroatoms. The fourth-order valence-electron chi connectivity index (χ4n) is 2.47. The van der Waals surface area contributed by atoms with Crippen LogP contribution in [0.4, 0.5) is 4.79 Å². The van der Waals surface area contributed by atoms with Crippen LogP contribution >= 0.6 is 0 Å². The van der Waals surface area contributed by atoms with Crippen LogP contribution in [0.25, 0.3) is 11.0 Å². The second kappa shape index (κ2) is 7.31. The first-order valence-corrected chi connectivity index (χ1v) is 7.89. The lowest BCUT2D eigenvalue weighted by atomic mass is 10.0. The highest BCUT2D eigenvalue weighted by Gasteiger charge is 2.13. The number of unbranched alkanes of at least 4 members (excludes halogenated alkanes) is 2. The number of amides is 1. The second-order valence-electron chi connectivity index (χ2n) is 5.87. The topological polar surface area (TPSA) is 59.8 Å². The minimum Gasteiger partial charge on any atom is -0.422 e. The average Bonchev–Trinajstić information content (AvgIpc) is 2.50. The lowest BCUT2D eigenvalue weighted by Crippen LogP contribution is -2.25. The lowest BCUT2D eigenvalue weighted by Gasteiger charge is -2.12. The van der Waals surface area contributed by atoms with E-state index in [1.165, 1.54) is 4.90 Å². The van der Waals surface area contributed by atoms with Gasteiger partial charge in [-0.15, -0.1) is 0 Å². The molecule has 0 aliphatic carbocycles. The summed E-state index contributed by atoms with van der Waals surface area (Å²) in [7, 11) is 3.21. The smallest absolute Gasteiger partial charge is 0.414 e. The molecule has 1 aromatic heterocycles. The van der Waals surface area contributed by atoms with E-state index in [-0.39, 0.29) is 5.63 Å². The number of ether oxygens (including phenoxy) is 1. The van der Waals surface area contributed by atoms with Crippen molar-refractivity contribution in [1.29, 1.82) is 0 Å². The summed E-state index contributed by atoms with van der Waals surface area (Å²) in [6.45, 7) is 4.07. The molecule has 0 spiro atoms. The molecule has 0 fully saturated rings. The third-order valence-corrected chi connectivity index (χ3v) is 3.86. The fraction of sp³-hybridized carbons (Fsp3) is 0.444. The molecule has 0 radical (unpaired) electrons. The third kappa shape index (κ3) is 3.92. The molecule has 1 aromatic carbocycles. The minimum absolute atomic E-state index is 0.304. The zero-order valence-electron chi connectivity index (χ0n) is 14.1. The van der Waals surface area contributed by atoms with Crippen molar-refractivity contribution in [3.05, 3.63) is 39.7 Å². The van der Waals surface area contributed by atoms with Gasteiger partial charge in [-0.1, -0.05) is 19.8 Å². The Morgan fingerprint density at radius 3 is 2.65 bits per heavy atom. The number of benzene rings is 1. The minimum atomic E-state index is -0.473.